The molecule has 1 aromatic carbocycles. The summed E-state index contributed by atoms with van der Waals surface area (Å²) in [5.74, 6) is 0.502. The molecule has 0 unspecified atom stereocenters. The summed E-state index contributed by atoms with van der Waals surface area (Å²) in [7, 11) is 0. The smallest absolute Gasteiger partial charge is 0.416 e. The Morgan fingerprint density at radius 1 is 1.17 bits per heavy atom. The second kappa shape index (κ2) is 8.54. The zero-order valence-corrected chi connectivity index (χ0v) is 12.9. The Morgan fingerprint density at radius 2 is 1.92 bits per heavy atom. The molecule has 0 radical (unpaired) electrons. The molecule has 4 nitrogen and oxygen atoms in total. The van der Waals surface area contributed by atoms with Crippen LogP contribution in [0.25, 0.3) is 0 Å². The van der Waals surface area contributed by atoms with Crippen LogP contribution in [-0.4, -0.2) is 19.1 Å². The largest absolute Gasteiger partial charge is 0.467 e. The molecule has 0 bridgehead atoms. The third-order valence-electron chi connectivity index (χ3n) is 3.26. The monoisotopic (exact) mass is 341 g/mol. The minimum atomic E-state index is -4.36. The number of hydrogen-bond donors (Lipinski definition) is 1. The van der Waals surface area contributed by atoms with Gasteiger partial charge in [-0.05, 0) is 36.2 Å². The molecule has 7 heteroatoms. The maximum absolute atomic E-state index is 12.4. The molecule has 2 aromatic rings. The van der Waals surface area contributed by atoms with Gasteiger partial charge in [-0.1, -0.05) is 12.1 Å². The van der Waals surface area contributed by atoms with Crippen molar-refractivity contribution in [3.05, 3.63) is 59.5 Å². The summed E-state index contributed by atoms with van der Waals surface area (Å²) in [6.07, 6.45) is -2.11. The quantitative estimate of drug-likeness (QED) is 0.747. The van der Waals surface area contributed by atoms with Crippen molar-refractivity contribution in [3.63, 3.8) is 0 Å². The second-order valence-electron chi connectivity index (χ2n) is 5.21. The van der Waals surface area contributed by atoms with Gasteiger partial charge in [0.1, 0.15) is 12.4 Å². The van der Waals surface area contributed by atoms with Crippen LogP contribution in [0.3, 0.4) is 0 Å². The highest BCUT2D eigenvalue weighted by molar-refractivity contribution is 5.78. The summed E-state index contributed by atoms with van der Waals surface area (Å²) in [6, 6.07) is 8.17. The minimum absolute atomic E-state index is 0.0470. The second-order valence-corrected chi connectivity index (χ2v) is 5.21. The van der Waals surface area contributed by atoms with Crippen molar-refractivity contribution >= 4 is 5.91 Å². The van der Waals surface area contributed by atoms with Gasteiger partial charge in [0.15, 0.2) is 0 Å². The number of ether oxygens (including phenoxy) is 1. The van der Waals surface area contributed by atoms with Crippen molar-refractivity contribution in [1.29, 1.82) is 0 Å². The lowest BCUT2D eigenvalue weighted by Crippen LogP contribution is -2.26. The van der Waals surface area contributed by atoms with Crippen LogP contribution in [0.2, 0.25) is 0 Å². The Kier molecular flexibility index (Phi) is 6.43. The van der Waals surface area contributed by atoms with Gasteiger partial charge in [-0.3, -0.25) is 4.79 Å². The van der Waals surface area contributed by atoms with E-state index in [1.807, 2.05) is 6.07 Å². The van der Waals surface area contributed by atoms with Crippen molar-refractivity contribution in [1.82, 2.24) is 5.32 Å². The minimum Gasteiger partial charge on any atom is -0.467 e. The molecule has 0 fully saturated rings. The highest BCUT2D eigenvalue weighted by Gasteiger charge is 2.29. The number of rotatable bonds is 8. The van der Waals surface area contributed by atoms with E-state index in [9.17, 15) is 18.0 Å². The van der Waals surface area contributed by atoms with Gasteiger partial charge in [0.05, 0.1) is 18.2 Å². The average molecular weight is 341 g/mol. The highest BCUT2D eigenvalue weighted by atomic mass is 19.4. The first-order valence-electron chi connectivity index (χ1n) is 7.48. The lowest BCUT2D eigenvalue weighted by Gasteiger charge is -2.08. The van der Waals surface area contributed by atoms with Gasteiger partial charge in [-0.25, -0.2) is 0 Å². The standard InChI is InChI=1S/C17H18F3NO3/c18-17(19,20)14-6-4-13(5-7-14)11-16(22)21-8-2-9-23-12-15-3-1-10-24-15/h1,3-7,10H,2,8-9,11-12H2,(H,21,22). The molecule has 0 aliphatic heterocycles. The van der Waals surface area contributed by atoms with E-state index >= 15 is 0 Å². The number of hydrogen-bond acceptors (Lipinski definition) is 3. The maximum Gasteiger partial charge on any atom is 0.416 e. The van der Waals surface area contributed by atoms with Crippen molar-refractivity contribution < 1.29 is 27.1 Å². The first-order chi connectivity index (χ1) is 11.4. The number of benzene rings is 1. The number of alkyl halides is 3. The molecular formula is C17H18F3NO3. The lowest BCUT2D eigenvalue weighted by molar-refractivity contribution is -0.137. The van der Waals surface area contributed by atoms with Crippen LogP contribution >= 0.6 is 0 Å². The molecule has 0 aliphatic carbocycles. The first kappa shape index (κ1) is 18.1. The summed E-state index contributed by atoms with van der Waals surface area (Å²) in [5, 5.41) is 2.71. The predicted octanol–water partition coefficient (Wildman–Crippen LogP) is 3.56. The Bertz CT molecular complexity index is 622. The van der Waals surface area contributed by atoms with Crippen molar-refractivity contribution in [2.24, 2.45) is 0 Å². The van der Waals surface area contributed by atoms with Crippen LogP contribution in [0.1, 0.15) is 23.3 Å². The maximum atomic E-state index is 12.4. The average Bonchev–Trinajstić information content (AvgIpc) is 3.03. The molecule has 1 amide bonds. The molecule has 0 aliphatic rings. The van der Waals surface area contributed by atoms with Crippen LogP contribution in [0.5, 0.6) is 0 Å². The van der Waals surface area contributed by atoms with E-state index in [0.717, 1.165) is 17.9 Å². The van der Waals surface area contributed by atoms with Crippen LogP contribution in [0.4, 0.5) is 13.2 Å². The van der Waals surface area contributed by atoms with Gasteiger partial charge in [0.25, 0.3) is 0 Å². The van der Waals surface area contributed by atoms with Crippen LogP contribution < -0.4 is 5.32 Å². The van der Waals surface area contributed by atoms with E-state index in [1.165, 1.54) is 12.1 Å². The summed E-state index contributed by atoms with van der Waals surface area (Å²) in [6.45, 7) is 1.30. The molecule has 24 heavy (non-hydrogen) atoms. The van der Waals surface area contributed by atoms with E-state index < -0.39 is 11.7 Å². The number of halogens is 3. The van der Waals surface area contributed by atoms with Crippen molar-refractivity contribution in [2.75, 3.05) is 13.2 Å². The molecule has 0 saturated heterocycles. The normalized spacial score (nSPS) is 11.5. The number of nitrogens with one attached hydrogen (secondary N) is 1. The molecule has 0 saturated carbocycles. The third kappa shape index (κ3) is 6.08. The Hall–Kier alpha value is -2.28. The van der Waals surface area contributed by atoms with E-state index in [0.29, 0.717) is 31.7 Å². The molecule has 0 spiro atoms. The molecular weight excluding hydrogens is 323 g/mol. The van der Waals surface area contributed by atoms with Crippen molar-refractivity contribution in [3.8, 4) is 0 Å². The number of carbonyl (C=O) groups excluding carboxylic acids is 1. The Morgan fingerprint density at radius 3 is 2.54 bits per heavy atom. The topological polar surface area (TPSA) is 51.5 Å². The van der Waals surface area contributed by atoms with Crippen LogP contribution in [-0.2, 0) is 28.7 Å². The summed E-state index contributed by atoms with van der Waals surface area (Å²) < 4.78 is 47.8. The van der Waals surface area contributed by atoms with E-state index in [4.69, 9.17) is 9.15 Å². The van der Waals surface area contributed by atoms with Gasteiger partial charge < -0.3 is 14.5 Å². The summed E-state index contributed by atoms with van der Waals surface area (Å²) in [4.78, 5) is 11.7. The number of furan rings is 1. The summed E-state index contributed by atoms with van der Waals surface area (Å²) in [5.41, 5.74) is -0.185. The fourth-order valence-corrected chi connectivity index (χ4v) is 2.03. The van der Waals surface area contributed by atoms with Gasteiger partial charge in [0.2, 0.25) is 5.91 Å². The number of carbonyl (C=O) groups is 1. The first-order valence-corrected chi connectivity index (χ1v) is 7.48. The number of amides is 1. The van der Waals surface area contributed by atoms with E-state index in [2.05, 4.69) is 5.32 Å². The Labute approximate surface area is 137 Å². The molecule has 2 rings (SSSR count). The van der Waals surface area contributed by atoms with Crippen LogP contribution in [0, 0.1) is 0 Å². The fourth-order valence-electron chi connectivity index (χ4n) is 2.03. The molecule has 1 N–H and O–H groups in total. The molecule has 130 valence electrons. The van der Waals surface area contributed by atoms with E-state index in [1.54, 1.807) is 12.3 Å². The summed E-state index contributed by atoms with van der Waals surface area (Å²) >= 11 is 0. The van der Waals surface area contributed by atoms with Crippen LogP contribution in [0.15, 0.2) is 47.1 Å². The van der Waals surface area contributed by atoms with Crippen molar-refractivity contribution in [2.45, 2.75) is 25.6 Å². The van der Waals surface area contributed by atoms with Gasteiger partial charge in [-0.15, -0.1) is 0 Å². The SMILES string of the molecule is O=C(Cc1ccc(C(F)(F)F)cc1)NCCCOCc1ccco1. The highest BCUT2D eigenvalue weighted by Crippen LogP contribution is 2.29. The third-order valence-corrected chi connectivity index (χ3v) is 3.26. The predicted molar refractivity (Wildman–Crippen MR) is 81.1 cm³/mol. The fraction of sp³-hybridized carbons (Fsp3) is 0.353. The molecule has 1 aromatic heterocycles. The zero-order valence-electron chi connectivity index (χ0n) is 12.9. The van der Waals surface area contributed by atoms with E-state index in [-0.39, 0.29) is 12.3 Å². The zero-order chi connectivity index (χ0) is 17.4. The van der Waals surface area contributed by atoms with Gasteiger partial charge in [-0.2, -0.15) is 13.2 Å². The molecule has 1 heterocycles. The molecule has 0 atom stereocenters. The Balaban J connectivity index is 1.61. The van der Waals surface area contributed by atoms with Gasteiger partial charge >= 0.3 is 6.18 Å². The van der Waals surface area contributed by atoms with Gasteiger partial charge in [0, 0.05) is 13.2 Å². The lowest BCUT2D eigenvalue weighted by atomic mass is 10.1.